The van der Waals surface area contributed by atoms with Gasteiger partial charge in [-0.15, -0.1) is 0 Å². The number of carbonyl (C=O) groups excluding carboxylic acids is 4. The van der Waals surface area contributed by atoms with E-state index in [1.165, 1.54) is 12.5 Å². The topological polar surface area (TPSA) is 307 Å². The van der Waals surface area contributed by atoms with Gasteiger partial charge >= 0.3 is 5.97 Å². The number of H-pyrrole nitrogens is 1. The second kappa shape index (κ2) is 15.7. The maximum absolute atomic E-state index is 13.1. The predicted molar refractivity (Wildman–Crippen MR) is 129 cm³/mol. The Kier molecular flexibility index (Phi) is 13.0. The van der Waals surface area contributed by atoms with Crippen LogP contribution in [0.3, 0.4) is 0 Å². The molecule has 0 spiro atoms. The standard InChI is InChI=1S/C20H34N10O7/c21-11(8-31)16(33)30-14(6-10-7-25-9-27-10)18(35)28-12(2-1-5-26-20(23)24)17(34)29-13(19(36)37)3-4-15(22)32/h7,9,11-14,31H,1-6,8,21H2,(H2,22,32)(H,25,27)(H,28,35)(H,29,34)(H,30,33)(H,36,37)(H4,23,24,26). The normalized spacial score (nSPS) is 13.9. The van der Waals surface area contributed by atoms with Crippen molar-refractivity contribution in [2.45, 2.75) is 56.3 Å². The number of carboxylic acid groups (broad SMARTS) is 1. The number of guanidine groups is 1. The Morgan fingerprint density at radius 1 is 0.973 bits per heavy atom. The highest BCUT2D eigenvalue weighted by atomic mass is 16.4. The largest absolute Gasteiger partial charge is 0.480 e. The fourth-order valence-electron chi connectivity index (χ4n) is 3.05. The van der Waals surface area contributed by atoms with E-state index < -0.39 is 60.4 Å². The summed E-state index contributed by atoms with van der Waals surface area (Å²) in [5, 5.41) is 25.7. The summed E-state index contributed by atoms with van der Waals surface area (Å²) in [5.74, 6) is -4.78. The average molecular weight is 527 g/mol. The van der Waals surface area contributed by atoms with Crippen LogP contribution in [0.4, 0.5) is 0 Å². The SMILES string of the molecule is NC(=O)CCC(NC(=O)C(CCCN=C(N)N)NC(=O)C(Cc1cnc[nH]1)NC(=O)C(N)CO)C(=O)O. The number of aromatic nitrogens is 2. The summed E-state index contributed by atoms with van der Waals surface area (Å²) in [6.07, 6.45) is 2.40. The molecular weight excluding hydrogens is 492 g/mol. The molecule has 0 saturated heterocycles. The lowest BCUT2D eigenvalue weighted by atomic mass is 10.1. The molecule has 1 rings (SSSR count). The van der Waals surface area contributed by atoms with E-state index in [2.05, 4.69) is 30.9 Å². The van der Waals surface area contributed by atoms with Gasteiger partial charge in [-0.3, -0.25) is 24.2 Å². The summed E-state index contributed by atoms with van der Waals surface area (Å²) in [7, 11) is 0. The summed E-state index contributed by atoms with van der Waals surface area (Å²) in [6, 6.07) is -5.23. The smallest absolute Gasteiger partial charge is 0.326 e. The summed E-state index contributed by atoms with van der Waals surface area (Å²) in [4.78, 5) is 71.3. The maximum Gasteiger partial charge on any atom is 0.326 e. The summed E-state index contributed by atoms with van der Waals surface area (Å²) >= 11 is 0. The van der Waals surface area contributed by atoms with E-state index in [0.717, 1.165) is 0 Å². The fraction of sp³-hybridized carbons (Fsp3) is 0.550. The van der Waals surface area contributed by atoms with Crippen molar-refractivity contribution in [1.29, 1.82) is 0 Å². The van der Waals surface area contributed by atoms with Crippen LogP contribution < -0.4 is 38.9 Å². The number of nitrogens with zero attached hydrogens (tertiary/aromatic N) is 2. The third-order valence-electron chi connectivity index (χ3n) is 5.02. The number of primary amides is 1. The Hall–Kier alpha value is -4.25. The number of carbonyl (C=O) groups is 5. The number of aliphatic carboxylic acids is 1. The van der Waals surface area contributed by atoms with Gasteiger partial charge in [0.05, 0.1) is 12.9 Å². The number of aliphatic hydroxyl groups excluding tert-OH is 1. The van der Waals surface area contributed by atoms with E-state index in [4.69, 9.17) is 28.0 Å². The Bertz CT molecular complexity index is 949. The van der Waals surface area contributed by atoms with Crippen molar-refractivity contribution < 1.29 is 34.2 Å². The number of nitrogens with two attached hydrogens (primary N) is 4. The highest BCUT2D eigenvalue weighted by Crippen LogP contribution is 2.06. The summed E-state index contributed by atoms with van der Waals surface area (Å²) in [5.41, 5.74) is 21.7. The number of hydrogen-bond acceptors (Lipinski definition) is 9. The molecule has 1 aromatic heterocycles. The van der Waals surface area contributed by atoms with Crippen LogP contribution in [-0.2, 0) is 30.4 Å². The number of rotatable bonds is 17. The third kappa shape index (κ3) is 11.8. The number of aliphatic imine (C=N–C) groups is 1. The van der Waals surface area contributed by atoms with Crippen molar-refractivity contribution in [3.8, 4) is 0 Å². The molecule has 4 atom stereocenters. The minimum atomic E-state index is -1.44. The summed E-state index contributed by atoms with van der Waals surface area (Å²) < 4.78 is 0. The zero-order valence-electron chi connectivity index (χ0n) is 20.1. The summed E-state index contributed by atoms with van der Waals surface area (Å²) in [6.45, 7) is -0.548. The molecule has 0 bridgehead atoms. The van der Waals surface area contributed by atoms with Crippen LogP contribution in [0.15, 0.2) is 17.5 Å². The Morgan fingerprint density at radius 3 is 2.14 bits per heavy atom. The van der Waals surface area contributed by atoms with E-state index in [9.17, 15) is 29.1 Å². The van der Waals surface area contributed by atoms with Gasteiger partial charge in [0, 0.05) is 31.3 Å². The highest BCUT2D eigenvalue weighted by molar-refractivity contribution is 5.94. The molecule has 4 amide bonds. The number of nitrogens with one attached hydrogen (secondary N) is 4. The average Bonchev–Trinajstić information content (AvgIpc) is 3.34. The molecule has 206 valence electrons. The van der Waals surface area contributed by atoms with E-state index in [1.807, 2.05) is 0 Å². The lowest BCUT2D eigenvalue weighted by Crippen LogP contribution is -2.58. The van der Waals surface area contributed by atoms with Gasteiger partial charge in [-0.05, 0) is 19.3 Å². The Morgan fingerprint density at radius 2 is 1.59 bits per heavy atom. The predicted octanol–water partition coefficient (Wildman–Crippen LogP) is -4.87. The van der Waals surface area contributed by atoms with Crippen LogP contribution in [0.2, 0.25) is 0 Å². The monoisotopic (exact) mass is 526 g/mol. The quantitative estimate of drug-likeness (QED) is 0.0521. The van der Waals surface area contributed by atoms with Crippen LogP contribution in [0.5, 0.6) is 0 Å². The van der Waals surface area contributed by atoms with Gasteiger partial charge in [0.25, 0.3) is 0 Å². The van der Waals surface area contributed by atoms with Crippen LogP contribution in [0.1, 0.15) is 31.4 Å². The lowest BCUT2D eigenvalue weighted by molar-refractivity contribution is -0.142. The molecule has 1 aromatic rings. The molecule has 0 aliphatic rings. The molecular formula is C20H34N10O7. The van der Waals surface area contributed by atoms with Crippen molar-refractivity contribution in [3.05, 3.63) is 18.2 Å². The van der Waals surface area contributed by atoms with Crippen molar-refractivity contribution >= 4 is 35.6 Å². The molecule has 0 saturated carbocycles. The zero-order chi connectivity index (χ0) is 28.0. The molecule has 0 aromatic carbocycles. The number of carboxylic acids is 1. The van der Waals surface area contributed by atoms with Crippen molar-refractivity contribution in [2.24, 2.45) is 27.9 Å². The second-order valence-electron chi connectivity index (χ2n) is 8.05. The van der Waals surface area contributed by atoms with Gasteiger partial charge in [0.15, 0.2) is 5.96 Å². The number of imidazole rings is 1. The maximum atomic E-state index is 13.1. The van der Waals surface area contributed by atoms with Gasteiger partial charge in [-0.2, -0.15) is 0 Å². The lowest BCUT2D eigenvalue weighted by Gasteiger charge is -2.25. The number of aliphatic hydroxyl groups is 1. The fourth-order valence-corrected chi connectivity index (χ4v) is 3.05. The van der Waals surface area contributed by atoms with Crippen LogP contribution >= 0.6 is 0 Å². The number of amides is 4. The molecule has 17 heteroatoms. The van der Waals surface area contributed by atoms with Crippen molar-refractivity contribution in [1.82, 2.24) is 25.9 Å². The van der Waals surface area contributed by atoms with Crippen molar-refractivity contribution in [2.75, 3.05) is 13.2 Å². The molecule has 0 fully saturated rings. The van der Waals surface area contributed by atoms with Gasteiger partial charge in [0.2, 0.25) is 23.6 Å². The Labute approximate surface area is 211 Å². The first kappa shape index (κ1) is 30.8. The molecule has 0 aliphatic heterocycles. The minimum Gasteiger partial charge on any atom is -0.480 e. The molecule has 17 nitrogen and oxygen atoms in total. The second-order valence-corrected chi connectivity index (χ2v) is 8.05. The molecule has 37 heavy (non-hydrogen) atoms. The number of aromatic amines is 1. The minimum absolute atomic E-state index is 0.00259. The van der Waals surface area contributed by atoms with Gasteiger partial charge < -0.3 is 54.1 Å². The van der Waals surface area contributed by atoms with E-state index in [0.29, 0.717) is 5.69 Å². The van der Waals surface area contributed by atoms with Gasteiger partial charge in [-0.1, -0.05) is 0 Å². The highest BCUT2D eigenvalue weighted by Gasteiger charge is 2.30. The van der Waals surface area contributed by atoms with Crippen LogP contribution in [0, 0.1) is 0 Å². The van der Waals surface area contributed by atoms with Crippen LogP contribution in [0.25, 0.3) is 0 Å². The molecule has 0 radical (unpaired) electrons. The van der Waals surface area contributed by atoms with E-state index in [-0.39, 0.29) is 44.6 Å². The van der Waals surface area contributed by atoms with Gasteiger partial charge in [-0.25, -0.2) is 9.78 Å². The number of hydrogen-bond donors (Lipinski definition) is 10. The molecule has 4 unspecified atom stereocenters. The van der Waals surface area contributed by atoms with Crippen LogP contribution in [-0.4, -0.2) is 93.1 Å². The zero-order valence-corrected chi connectivity index (χ0v) is 20.1. The first-order valence-electron chi connectivity index (χ1n) is 11.3. The first-order valence-corrected chi connectivity index (χ1v) is 11.3. The van der Waals surface area contributed by atoms with Crippen molar-refractivity contribution in [3.63, 3.8) is 0 Å². The van der Waals surface area contributed by atoms with E-state index >= 15 is 0 Å². The molecule has 14 N–H and O–H groups in total. The van der Waals surface area contributed by atoms with E-state index in [1.54, 1.807) is 0 Å². The Balaban J connectivity index is 3.07. The molecule has 0 aliphatic carbocycles. The third-order valence-corrected chi connectivity index (χ3v) is 5.02. The first-order chi connectivity index (χ1) is 17.4. The van der Waals surface area contributed by atoms with Gasteiger partial charge in [0.1, 0.15) is 24.2 Å². The molecule has 1 heterocycles.